The van der Waals surface area contributed by atoms with E-state index in [1.54, 1.807) is 31.3 Å². The van der Waals surface area contributed by atoms with Crippen molar-refractivity contribution >= 4 is 17.8 Å². The molecule has 4 rings (SSSR count). The monoisotopic (exact) mass is 385 g/mol. The summed E-state index contributed by atoms with van der Waals surface area (Å²) < 4.78 is 5.45. The van der Waals surface area contributed by atoms with Gasteiger partial charge in [-0.3, -0.25) is 24.4 Å². The van der Waals surface area contributed by atoms with Crippen molar-refractivity contribution in [2.45, 2.75) is 12.5 Å². The topological polar surface area (TPSA) is 77.5 Å². The Labute approximate surface area is 165 Å². The van der Waals surface area contributed by atoms with Crippen molar-refractivity contribution in [3.63, 3.8) is 0 Å². The number of rotatable bonds is 4. The van der Waals surface area contributed by atoms with Gasteiger partial charge >= 0.3 is 0 Å². The van der Waals surface area contributed by atoms with E-state index in [-0.39, 0.29) is 11.8 Å². The average molecular weight is 385 g/mol. The first-order valence-corrected chi connectivity index (χ1v) is 9.91. The molecule has 1 atom stereocenters. The predicted octanol–water partition coefficient (Wildman–Crippen LogP) is 0.265. The van der Waals surface area contributed by atoms with Crippen molar-refractivity contribution in [2.24, 2.45) is 4.99 Å². The van der Waals surface area contributed by atoms with E-state index in [4.69, 9.17) is 4.74 Å². The number of guanidine groups is 1. The molecule has 3 aliphatic heterocycles. The summed E-state index contributed by atoms with van der Waals surface area (Å²) in [5.41, 5.74) is 0.981. The van der Waals surface area contributed by atoms with Gasteiger partial charge in [0.1, 0.15) is 0 Å². The van der Waals surface area contributed by atoms with Gasteiger partial charge in [0.05, 0.1) is 24.3 Å². The molecule has 3 heterocycles. The number of imide groups is 1. The minimum absolute atomic E-state index is 0.217. The van der Waals surface area contributed by atoms with E-state index >= 15 is 0 Å². The molecule has 3 aliphatic rings. The standard InChI is InChI=1S/C20H27N5O3/c1-21-20(24-8-6-15(14-24)23-10-12-28-13-11-23)22-7-9-25-18(26)16-4-2-3-5-17(16)19(25)27/h2-5,15H,6-14H2,1H3,(H,21,22). The molecule has 2 amide bonds. The number of carbonyl (C=O) groups excluding carboxylic acids is 2. The SMILES string of the molecule is CN=C(NCCN1C(=O)c2ccccc2C1=O)N1CCC(N2CCOCC2)C1. The van der Waals surface area contributed by atoms with Gasteiger partial charge in [-0.1, -0.05) is 12.1 Å². The molecule has 1 N–H and O–H groups in total. The number of aliphatic imine (C=N–C) groups is 1. The molecule has 0 spiro atoms. The number of hydrogen-bond acceptors (Lipinski definition) is 5. The zero-order chi connectivity index (χ0) is 19.5. The van der Waals surface area contributed by atoms with Gasteiger partial charge in [0.2, 0.25) is 0 Å². The lowest BCUT2D eigenvalue weighted by Gasteiger charge is -2.32. The van der Waals surface area contributed by atoms with Crippen LogP contribution in [0, 0.1) is 0 Å². The third-order valence-corrected chi connectivity index (χ3v) is 5.73. The van der Waals surface area contributed by atoms with Crippen LogP contribution in [0.3, 0.4) is 0 Å². The van der Waals surface area contributed by atoms with Gasteiger partial charge in [0.15, 0.2) is 5.96 Å². The summed E-state index contributed by atoms with van der Waals surface area (Å²) in [6, 6.07) is 7.51. The van der Waals surface area contributed by atoms with Crippen molar-refractivity contribution in [3.8, 4) is 0 Å². The molecule has 0 radical (unpaired) electrons. The molecule has 1 aromatic rings. The largest absolute Gasteiger partial charge is 0.379 e. The lowest BCUT2D eigenvalue weighted by Crippen LogP contribution is -2.47. The molecular formula is C20H27N5O3. The molecule has 0 aromatic heterocycles. The Morgan fingerprint density at radius 1 is 1.14 bits per heavy atom. The summed E-state index contributed by atoms with van der Waals surface area (Å²) in [6.45, 7) is 6.30. The zero-order valence-corrected chi connectivity index (χ0v) is 16.3. The highest BCUT2D eigenvalue weighted by Crippen LogP contribution is 2.22. The van der Waals surface area contributed by atoms with Crippen LogP contribution in [0.25, 0.3) is 0 Å². The first kappa shape index (κ1) is 18.9. The number of amides is 2. The number of likely N-dealkylation sites (tertiary alicyclic amines) is 1. The van der Waals surface area contributed by atoms with Gasteiger partial charge in [0.25, 0.3) is 11.8 Å². The zero-order valence-electron chi connectivity index (χ0n) is 16.3. The second kappa shape index (κ2) is 8.28. The van der Waals surface area contributed by atoms with Crippen LogP contribution in [-0.2, 0) is 4.74 Å². The number of carbonyl (C=O) groups is 2. The lowest BCUT2D eigenvalue weighted by molar-refractivity contribution is 0.0195. The van der Waals surface area contributed by atoms with Crippen molar-refractivity contribution in [1.82, 2.24) is 20.0 Å². The molecule has 1 aromatic carbocycles. The Morgan fingerprint density at radius 3 is 2.46 bits per heavy atom. The number of hydrogen-bond donors (Lipinski definition) is 1. The highest BCUT2D eigenvalue weighted by Gasteiger charge is 2.35. The maximum Gasteiger partial charge on any atom is 0.261 e. The summed E-state index contributed by atoms with van der Waals surface area (Å²) in [4.78, 5) is 35.3. The molecule has 8 heteroatoms. The Morgan fingerprint density at radius 2 is 1.82 bits per heavy atom. The maximum absolute atomic E-state index is 12.4. The molecule has 0 aliphatic carbocycles. The third kappa shape index (κ3) is 3.62. The molecule has 150 valence electrons. The van der Waals surface area contributed by atoms with Gasteiger partial charge in [-0.05, 0) is 18.6 Å². The van der Waals surface area contributed by atoms with Crippen LogP contribution in [0.5, 0.6) is 0 Å². The normalized spacial score (nSPS) is 23.5. The van der Waals surface area contributed by atoms with Crippen molar-refractivity contribution in [3.05, 3.63) is 35.4 Å². The average Bonchev–Trinajstić information content (AvgIpc) is 3.32. The number of morpholine rings is 1. The van der Waals surface area contributed by atoms with Gasteiger partial charge in [0, 0.05) is 52.4 Å². The van der Waals surface area contributed by atoms with E-state index in [1.165, 1.54) is 4.90 Å². The molecule has 28 heavy (non-hydrogen) atoms. The Hall–Kier alpha value is -2.45. The van der Waals surface area contributed by atoms with Gasteiger partial charge in [-0.25, -0.2) is 0 Å². The summed E-state index contributed by atoms with van der Waals surface area (Å²) >= 11 is 0. The third-order valence-electron chi connectivity index (χ3n) is 5.73. The summed E-state index contributed by atoms with van der Waals surface area (Å²) in [5.74, 6) is 0.393. The fourth-order valence-electron chi connectivity index (χ4n) is 4.23. The van der Waals surface area contributed by atoms with E-state index in [9.17, 15) is 9.59 Å². The first-order chi connectivity index (χ1) is 13.7. The van der Waals surface area contributed by atoms with Crippen LogP contribution >= 0.6 is 0 Å². The smallest absolute Gasteiger partial charge is 0.261 e. The fourth-order valence-corrected chi connectivity index (χ4v) is 4.23. The van der Waals surface area contributed by atoms with E-state index < -0.39 is 0 Å². The van der Waals surface area contributed by atoms with Crippen LogP contribution in [0.1, 0.15) is 27.1 Å². The summed E-state index contributed by atoms with van der Waals surface area (Å²) in [6.07, 6.45) is 1.11. The molecular weight excluding hydrogens is 358 g/mol. The number of benzene rings is 1. The molecule has 2 saturated heterocycles. The van der Waals surface area contributed by atoms with Gasteiger partial charge in [-0.15, -0.1) is 0 Å². The second-order valence-corrected chi connectivity index (χ2v) is 7.32. The van der Waals surface area contributed by atoms with Crippen molar-refractivity contribution in [1.29, 1.82) is 0 Å². The summed E-state index contributed by atoms with van der Waals surface area (Å²) in [5, 5.41) is 3.32. The molecule has 1 unspecified atom stereocenters. The number of fused-ring (bicyclic) bond motifs is 1. The molecule has 0 bridgehead atoms. The molecule has 8 nitrogen and oxygen atoms in total. The Balaban J connectivity index is 1.29. The first-order valence-electron chi connectivity index (χ1n) is 9.91. The van der Waals surface area contributed by atoms with Crippen molar-refractivity contribution in [2.75, 3.05) is 59.5 Å². The van der Waals surface area contributed by atoms with Crippen LogP contribution in [0.15, 0.2) is 29.3 Å². The maximum atomic E-state index is 12.4. The van der Waals surface area contributed by atoms with Crippen LogP contribution in [0.4, 0.5) is 0 Å². The minimum Gasteiger partial charge on any atom is -0.379 e. The van der Waals surface area contributed by atoms with E-state index in [0.29, 0.717) is 30.3 Å². The number of nitrogens with zero attached hydrogens (tertiary/aromatic N) is 4. The fraction of sp³-hybridized carbons (Fsp3) is 0.550. The molecule has 2 fully saturated rings. The molecule has 0 saturated carbocycles. The lowest BCUT2D eigenvalue weighted by atomic mass is 10.1. The summed E-state index contributed by atoms with van der Waals surface area (Å²) in [7, 11) is 1.77. The minimum atomic E-state index is -0.217. The van der Waals surface area contributed by atoms with Gasteiger partial charge in [-0.2, -0.15) is 0 Å². The predicted molar refractivity (Wildman–Crippen MR) is 106 cm³/mol. The van der Waals surface area contributed by atoms with Crippen LogP contribution in [-0.4, -0.2) is 98.0 Å². The van der Waals surface area contributed by atoms with E-state index in [1.807, 2.05) is 0 Å². The highest BCUT2D eigenvalue weighted by atomic mass is 16.5. The van der Waals surface area contributed by atoms with Crippen LogP contribution in [0.2, 0.25) is 0 Å². The van der Waals surface area contributed by atoms with Crippen LogP contribution < -0.4 is 5.32 Å². The van der Waals surface area contributed by atoms with Crippen molar-refractivity contribution < 1.29 is 14.3 Å². The number of ether oxygens (including phenoxy) is 1. The Bertz CT molecular complexity index is 740. The van der Waals surface area contributed by atoms with E-state index in [2.05, 4.69) is 20.1 Å². The van der Waals surface area contributed by atoms with E-state index in [0.717, 1.165) is 51.8 Å². The quantitative estimate of drug-likeness (QED) is 0.455. The second-order valence-electron chi connectivity index (χ2n) is 7.32. The number of nitrogens with one attached hydrogen (secondary N) is 1. The van der Waals surface area contributed by atoms with Gasteiger partial charge < -0.3 is 15.0 Å². The Kier molecular flexibility index (Phi) is 5.59. The highest BCUT2D eigenvalue weighted by molar-refractivity contribution is 6.21.